The van der Waals surface area contributed by atoms with Crippen LogP contribution in [0.1, 0.15) is 18.9 Å². The van der Waals surface area contributed by atoms with E-state index in [9.17, 15) is 0 Å². The van der Waals surface area contributed by atoms with Crippen LogP contribution >= 0.6 is 24.2 Å². The molecule has 0 saturated carbocycles. The van der Waals surface area contributed by atoms with Gasteiger partial charge in [0.2, 0.25) is 0 Å². The highest BCUT2D eigenvalue weighted by atomic mass is 35.5. The van der Waals surface area contributed by atoms with E-state index in [0.717, 1.165) is 36.1 Å². The highest BCUT2D eigenvalue weighted by Crippen LogP contribution is 2.26. The van der Waals surface area contributed by atoms with E-state index in [-0.39, 0.29) is 18.4 Å². The lowest BCUT2D eigenvalue weighted by atomic mass is 10.0. The molecule has 2 aromatic rings. The predicted octanol–water partition coefficient (Wildman–Crippen LogP) is 3.36. The van der Waals surface area contributed by atoms with Gasteiger partial charge in [-0.3, -0.25) is 4.98 Å². The number of halogens is 1. The summed E-state index contributed by atoms with van der Waals surface area (Å²) in [5.74, 6) is 2.45. The first kappa shape index (κ1) is 18.0. The van der Waals surface area contributed by atoms with Crippen molar-refractivity contribution in [2.45, 2.75) is 30.2 Å². The van der Waals surface area contributed by atoms with Gasteiger partial charge in [0.25, 0.3) is 0 Å². The van der Waals surface area contributed by atoms with Crippen LogP contribution in [0.2, 0.25) is 0 Å². The van der Waals surface area contributed by atoms with Crippen molar-refractivity contribution in [3.8, 4) is 0 Å². The third kappa shape index (κ3) is 4.83. The largest absolute Gasteiger partial charge is 0.355 e. The standard InChI is InChI=1S/C17H22N4S.ClH/c1-13(18)15-7-8-21(11-15)16-9-19-10-17(20-16)22-12-14-5-3-2-4-6-14;/h2-6,9-10,13,15H,7-8,11-12,18H2,1H3;1H. The third-order valence-electron chi connectivity index (χ3n) is 4.12. The Hall–Kier alpha value is -1.30. The van der Waals surface area contributed by atoms with Crippen LogP contribution in [0.4, 0.5) is 5.82 Å². The zero-order valence-corrected chi connectivity index (χ0v) is 14.9. The van der Waals surface area contributed by atoms with Crippen LogP contribution in [-0.4, -0.2) is 29.1 Å². The first-order valence-electron chi connectivity index (χ1n) is 7.71. The van der Waals surface area contributed by atoms with Crippen LogP contribution in [0.5, 0.6) is 0 Å². The Bertz CT molecular complexity index is 609. The van der Waals surface area contributed by atoms with Crippen molar-refractivity contribution in [2.24, 2.45) is 11.7 Å². The maximum absolute atomic E-state index is 6.01. The second-order valence-corrected chi connectivity index (χ2v) is 6.84. The number of aromatic nitrogens is 2. The highest BCUT2D eigenvalue weighted by molar-refractivity contribution is 7.98. The molecule has 1 aliphatic rings. The maximum atomic E-state index is 6.01. The number of hydrogen-bond donors (Lipinski definition) is 1. The van der Waals surface area contributed by atoms with Gasteiger partial charge in [-0.2, -0.15) is 0 Å². The summed E-state index contributed by atoms with van der Waals surface area (Å²) < 4.78 is 0. The Morgan fingerprint density at radius 1 is 1.30 bits per heavy atom. The molecule has 1 aromatic carbocycles. The molecular weight excluding hydrogens is 328 g/mol. The number of hydrogen-bond acceptors (Lipinski definition) is 5. The van der Waals surface area contributed by atoms with Crippen molar-refractivity contribution in [1.82, 2.24) is 9.97 Å². The predicted molar refractivity (Wildman–Crippen MR) is 99.3 cm³/mol. The summed E-state index contributed by atoms with van der Waals surface area (Å²) in [6.45, 7) is 4.10. The minimum atomic E-state index is 0. The number of benzene rings is 1. The summed E-state index contributed by atoms with van der Waals surface area (Å²) in [7, 11) is 0. The first-order chi connectivity index (χ1) is 10.7. The summed E-state index contributed by atoms with van der Waals surface area (Å²) in [6, 6.07) is 10.7. The second-order valence-electron chi connectivity index (χ2n) is 5.84. The van der Waals surface area contributed by atoms with Crippen molar-refractivity contribution >= 4 is 30.0 Å². The van der Waals surface area contributed by atoms with E-state index in [1.807, 2.05) is 18.5 Å². The summed E-state index contributed by atoms with van der Waals surface area (Å²) in [5, 5.41) is 0.977. The molecule has 0 radical (unpaired) electrons. The molecule has 0 bridgehead atoms. The number of anilines is 1. The summed E-state index contributed by atoms with van der Waals surface area (Å²) >= 11 is 1.73. The zero-order valence-electron chi connectivity index (χ0n) is 13.3. The van der Waals surface area contributed by atoms with Gasteiger partial charge in [-0.1, -0.05) is 30.3 Å². The minimum absolute atomic E-state index is 0. The van der Waals surface area contributed by atoms with Crippen LogP contribution < -0.4 is 10.6 Å². The fourth-order valence-electron chi connectivity index (χ4n) is 2.72. The molecule has 0 aliphatic carbocycles. The van der Waals surface area contributed by atoms with E-state index in [0.29, 0.717) is 5.92 Å². The van der Waals surface area contributed by atoms with E-state index in [4.69, 9.17) is 10.7 Å². The molecule has 0 amide bonds. The normalized spacial score (nSPS) is 18.5. The lowest BCUT2D eigenvalue weighted by Crippen LogP contribution is -2.30. The van der Waals surface area contributed by atoms with Gasteiger partial charge in [0.05, 0.1) is 12.4 Å². The van der Waals surface area contributed by atoms with Gasteiger partial charge >= 0.3 is 0 Å². The van der Waals surface area contributed by atoms with Gasteiger partial charge in [-0.15, -0.1) is 24.2 Å². The molecule has 4 nitrogen and oxygen atoms in total. The molecule has 3 rings (SSSR count). The molecule has 23 heavy (non-hydrogen) atoms. The molecule has 1 aliphatic heterocycles. The Labute approximate surface area is 148 Å². The Balaban J connectivity index is 0.00000192. The highest BCUT2D eigenvalue weighted by Gasteiger charge is 2.26. The monoisotopic (exact) mass is 350 g/mol. The molecule has 6 heteroatoms. The number of nitrogens with zero attached hydrogens (tertiary/aromatic N) is 3. The van der Waals surface area contributed by atoms with Gasteiger partial charge in [-0.05, 0) is 24.8 Å². The number of nitrogens with two attached hydrogens (primary N) is 1. The van der Waals surface area contributed by atoms with Crippen LogP contribution in [0.25, 0.3) is 0 Å². The van der Waals surface area contributed by atoms with Gasteiger partial charge in [0.15, 0.2) is 0 Å². The van der Waals surface area contributed by atoms with E-state index in [1.54, 1.807) is 11.8 Å². The van der Waals surface area contributed by atoms with Crippen molar-refractivity contribution < 1.29 is 0 Å². The average Bonchev–Trinajstić information content (AvgIpc) is 3.05. The first-order valence-corrected chi connectivity index (χ1v) is 8.70. The molecular formula is C17H23ClN4S. The van der Waals surface area contributed by atoms with E-state index >= 15 is 0 Å². The maximum Gasteiger partial charge on any atom is 0.148 e. The van der Waals surface area contributed by atoms with Crippen LogP contribution in [-0.2, 0) is 5.75 Å². The third-order valence-corrected chi connectivity index (χ3v) is 5.09. The fourth-order valence-corrected chi connectivity index (χ4v) is 3.52. The Morgan fingerprint density at radius 3 is 2.78 bits per heavy atom. The van der Waals surface area contributed by atoms with Gasteiger partial charge in [0.1, 0.15) is 10.8 Å². The molecule has 2 N–H and O–H groups in total. The Kier molecular flexibility index (Phi) is 6.69. The van der Waals surface area contributed by atoms with Gasteiger partial charge in [0, 0.05) is 24.9 Å². The van der Waals surface area contributed by atoms with Crippen molar-refractivity contribution in [1.29, 1.82) is 0 Å². The molecule has 2 heterocycles. The lowest BCUT2D eigenvalue weighted by molar-refractivity contribution is 0.488. The molecule has 1 saturated heterocycles. The van der Waals surface area contributed by atoms with Crippen LogP contribution in [0.15, 0.2) is 47.8 Å². The van der Waals surface area contributed by atoms with Gasteiger partial charge < -0.3 is 10.6 Å². The van der Waals surface area contributed by atoms with E-state index in [1.165, 1.54) is 5.56 Å². The quantitative estimate of drug-likeness (QED) is 0.838. The molecule has 0 spiro atoms. The zero-order chi connectivity index (χ0) is 15.4. The van der Waals surface area contributed by atoms with Crippen molar-refractivity contribution in [2.75, 3.05) is 18.0 Å². The SMILES string of the molecule is CC(N)C1CCN(c2cncc(SCc3ccccc3)n2)C1.Cl. The van der Waals surface area contributed by atoms with Crippen LogP contribution in [0, 0.1) is 5.92 Å². The van der Waals surface area contributed by atoms with Gasteiger partial charge in [-0.25, -0.2) is 4.98 Å². The summed E-state index contributed by atoms with van der Waals surface area (Å²) in [5.41, 5.74) is 7.32. The average molecular weight is 351 g/mol. The molecule has 2 atom stereocenters. The summed E-state index contributed by atoms with van der Waals surface area (Å²) in [4.78, 5) is 11.4. The molecule has 124 valence electrons. The van der Waals surface area contributed by atoms with E-state index in [2.05, 4.69) is 41.1 Å². The fraction of sp³-hybridized carbons (Fsp3) is 0.412. The smallest absolute Gasteiger partial charge is 0.148 e. The number of rotatable bonds is 5. The Morgan fingerprint density at radius 2 is 2.09 bits per heavy atom. The minimum Gasteiger partial charge on any atom is -0.355 e. The molecule has 1 aromatic heterocycles. The van der Waals surface area contributed by atoms with Crippen LogP contribution in [0.3, 0.4) is 0 Å². The summed E-state index contributed by atoms with van der Waals surface area (Å²) in [6.07, 6.45) is 4.84. The molecule has 2 unspecified atom stereocenters. The van der Waals surface area contributed by atoms with E-state index < -0.39 is 0 Å². The topological polar surface area (TPSA) is 55.0 Å². The lowest BCUT2D eigenvalue weighted by Gasteiger charge is -2.19. The van der Waals surface area contributed by atoms with Crippen molar-refractivity contribution in [3.05, 3.63) is 48.3 Å². The molecule has 1 fully saturated rings. The second kappa shape index (κ2) is 8.52. The number of thioether (sulfide) groups is 1. The van der Waals surface area contributed by atoms with Crippen molar-refractivity contribution in [3.63, 3.8) is 0 Å².